The van der Waals surface area contributed by atoms with Gasteiger partial charge < -0.3 is 4.74 Å². The quantitative estimate of drug-likeness (QED) is 0.715. The molecule has 1 heteroatoms. The minimum atomic E-state index is 0.904. The van der Waals surface area contributed by atoms with Crippen molar-refractivity contribution in [1.82, 2.24) is 0 Å². The molecule has 0 radical (unpaired) electrons. The SMILES string of the molecule is CCCc1cccc(Oc2ccc(CC)cc2)c1. The molecular weight excluding hydrogens is 220 g/mol. The van der Waals surface area contributed by atoms with E-state index in [1.165, 1.54) is 11.1 Å². The fourth-order valence-corrected chi connectivity index (χ4v) is 1.98. The molecule has 0 aromatic heterocycles. The van der Waals surface area contributed by atoms with Gasteiger partial charge in [0.1, 0.15) is 11.5 Å². The molecule has 2 rings (SSSR count). The van der Waals surface area contributed by atoms with Crippen LogP contribution in [-0.2, 0) is 12.8 Å². The fourth-order valence-electron chi connectivity index (χ4n) is 1.98. The van der Waals surface area contributed by atoms with Gasteiger partial charge in [0.2, 0.25) is 0 Å². The van der Waals surface area contributed by atoms with E-state index in [4.69, 9.17) is 4.74 Å². The summed E-state index contributed by atoms with van der Waals surface area (Å²) in [7, 11) is 0. The first-order valence-corrected chi connectivity index (χ1v) is 6.67. The van der Waals surface area contributed by atoms with E-state index >= 15 is 0 Å². The van der Waals surface area contributed by atoms with Crippen molar-refractivity contribution < 1.29 is 4.74 Å². The molecule has 0 N–H and O–H groups in total. The third kappa shape index (κ3) is 3.36. The summed E-state index contributed by atoms with van der Waals surface area (Å²) in [5.41, 5.74) is 2.67. The minimum Gasteiger partial charge on any atom is -0.457 e. The van der Waals surface area contributed by atoms with E-state index in [-0.39, 0.29) is 0 Å². The Morgan fingerprint density at radius 1 is 0.833 bits per heavy atom. The number of aryl methyl sites for hydroxylation is 2. The van der Waals surface area contributed by atoms with Gasteiger partial charge in [-0.15, -0.1) is 0 Å². The van der Waals surface area contributed by atoms with Crippen LogP contribution in [0.1, 0.15) is 31.4 Å². The van der Waals surface area contributed by atoms with Gasteiger partial charge in [0.15, 0.2) is 0 Å². The largest absolute Gasteiger partial charge is 0.457 e. The van der Waals surface area contributed by atoms with Crippen LogP contribution in [0.15, 0.2) is 48.5 Å². The highest BCUT2D eigenvalue weighted by Crippen LogP contribution is 2.23. The number of ether oxygens (including phenoxy) is 1. The average molecular weight is 240 g/mol. The van der Waals surface area contributed by atoms with Crippen LogP contribution >= 0.6 is 0 Å². The van der Waals surface area contributed by atoms with Gasteiger partial charge in [-0.1, -0.05) is 44.5 Å². The van der Waals surface area contributed by atoms with Crippen LogP contribution in [-0.4, -0.2) is 0 Å². The van der Waals surface area contributed by atoms with Gasteiger partial charge in [-0.05, 0) is 48.2 Å². The van der Waals surface area contributed by atoms with E-state index in [2.05, 4.69) is 44.2 Å². The van der Waals surface area contributed by atoms with Crippen molar-refractivity contribution in [2.75, 3.05) is 0 Å². The summed E-state index contributed by atoms with van der Waals surface area (Å²) in [5.74, 6) is 1.83. The van der Waals surface area contributed by atoms with Crippen molar-refractivity contribution in [2.24, 2.45) is 0 Å². The second kappa shape index (κ2) is 6.25. The molecule has 0 aliphatic heterocycles. The number of hydrogen-bond donors (Lipinski definition) is 0. The molecule has 0 amide bonds. The molecule has 0 bridgehead atoms. The van der Waals surface area contributed by atoms with Gasteiger partial charge in [0, 0.05) is 0 Å². The lowest BCUT2D eigenvalue weighted by Crippen LogP contribution is -1.88. The zero-order chi connectivity index (χ0) is 12.8. The van der Waals surface area contributed by atoms with Crippen LogP contribution in [0.3, 0.4) is 0 Å². The van der Waals surface area contributed by atoms with Crippen molar-refractivity contribution in [3.8, 4) is 11.5 Å². The standard InChI is InChI=1S/C17H20O/c1-3-6-15-7-5-8-17(13-15)18-16-11-9-14(4-2)10-12-16/h5,7-13H,3-4,6H2,1-2H3. The monoisotopic (exact) mass is 240 g/mol. The van der Waals surface area contributed by atoms with E-state index < -0.39 is 0 Å². The molecule has 0 atom stereocenters. The fraction of sp³-hybridized carbons (Fsp3) is 0.294. The highest BCUT2D eigenvalue weighted by Gasteiger charge is 1.99. The molecule has 1 nitrogen and oxygen atoms in total. The first kappa shape index (κ1) is 12.7. The molecule has 0 spiro atoms. The maximum atomic E-state index is 5.86. The third-order valence-corrected chi connectivity index (χ3v) is 3.00. The van der Waals surface area contributed by atoms with Crippen LogP contribution in [0.2, 0.25) is 0 Å². The van der Waals surface area contributed by atoms with Crippen molar-refractivity contribution in [1.29, 1.82) is 0 Å². The lowest BCUT2D eigenvalue weighted by atomic mass is 10.1. The van der Waals surface area contributed by atoms with Gasteiger partial charge in [-0.3, -0.25) is 0 Å². The van der Waals surface area contributed by atoms with Gasteiger partial charge in [0.25, 0.3) is 0 Å². The van der Waals surface area contributed by atoms with Gasteiger partial charge >= 0.3 is 0 Å². The average Bonchev–Trinajstić information content (AvgIpc) is 2.40. The highest BCUT2D eigenvalue weighted by molar-refractivity contribution is 5.35. The molecule has 0 aliphatic carbocycles. The zero-order valence-electron chi connectivity index (χ0n) is 11.1. The summed E-state index contributed by atoms with van der Waals surface area (Å²) in [6.07, 6.45) is 3.33. The first-order chi connectivity index (χ1) is 8.81. The Morgan fingerprint density at radius 2 is 1.61 bits per heavy atom. The predicted molar refractivity (Wildman–Crippen MR) is 76.3 cm³/mol. The zero-order valence-corrected chi connectivity index (χ0v) is 11.1. The van der Waals surface area contributed by atoms with E-state index in [1.54, 1.807) is 0 Å². The molecule has 0 unspecified atom stereocenters. The molecule has 0 aliphatic rings. The Bertz CT molecular complexity index is 485. The Hall–Kier alpha value is -1.76. The number of rotatable bonds is 5. The molecule has 0 saturated heterocycles. The van der Waals surface area contributed by atoms with Crippen molar-refractivity contribution in [3.63, 3.8) is 0 Å². The third-order valence-electron chi connectivity index (χ3n) is 3.00. The predicted octanol–water partition coefficient (Wildman–Crippen LogP) is 4.99. The normalized spacial score (nSPS) is 10.3. The van der Waals surface area contributed by atoms with E-state index in [1.807, 2.05) is 18.2 Å². The van der Waals surface area contributed by atoms with Crippen LogP contribution < -0.4 is 4.74 Å². The first-order valence-electron chi connectivity index (χ1n) is 6.67. The lowest BCUT2D eigenvalue weighted by molar-refractivity contribution is 0.481. The van der Waals surface area contributed by atoms with Crippen LogP contribution in [0.5, 0.6) is 11.5 Å². The Balaban J connectivity index is 2.09. The summed E-state index contributed by atoms with van der Waals surface area (Å²) in [6.45, 7) is 4.35. The molecule has 0 saturated carbocycles. The molecule has 0 heterocycles. The highest BCUT2D eigenvalue weighted by atomic mass is 16.5. The maximum Gasteiger partial charge on any atom is 0.127 e. The van der Waals surface area contributed by atoms with E-state index in [0.717, 1.165) is 30.8 Å². The summed E-state index contributed by atoms with van der Waals surface area (Å²) in [6, 6.07) is 16.6. The van der Waals surface area contributed by atoms with Gasteiger partial charge in [0.05, 0.1) is 0 Å². The van der Waals surface area contributed by atoms with Gasteiger partial charge in [-0.2, -0.15) is 0 Å². The molecular formula is C17H20O. The smallest absolute Gasteiger partial charge is 0.127 e. The van der Waals surface area contributed by atoms with E-state index in [9.17, 15) is 0 Å². The molecule has 18 heavy (non-hydrogen) atoms. The topological polar surface area (TPSA) is 9.23 Å². The van der Waals surface area contributed by atoms with Crippen molar-refractivity contribution >= 4 is 0 Å². The van der Waals surface area contributed by atoms with Crippen LogP contribution in [0.4, 0.5) is 0 Å². The summed E-state index contributed by atoms with van der Waals surface area (Å²) >= 11 is 0. The Labute approximate surface area is 109 Å². The summed E-state index contributed by atoms with van der Waals surface area (Å²) in [4.78, 5) is 0. The van der Waals surface area contributed by atoms with Gasteiger partial charge in [-0.25, -0.2) is 0 Å². The second-order valence-electron chi connectivity index (χ2n) is 4.50. The molecule has 94 valence electrons. The number of hydrogen-bond acceptors (Lipinski definition) is 1. The maximum absolute atomic E-state index is 5.86. The van der Waals surface area contributed by atoms with Crippen LogP contribution in [0, 0.1) is 0 Å². The summed E-state index contributed by atoms with van der Waals surface area (Å²) < 4.78 is 5.86. The lowest BCUT2D eigenvalue weighted by Gasteiger charge is -2.08. The Kier molecular flexibility index (Phi) is 4.40. The van der Waals surface area contributed by atoms with Crippen molar-refractivity contribution in [2.45, 2.75) is 33.1 Å². The van der Waals surface area contributed by atoms with E-state index in [0.29, 0.717) is 0 Å². The van der Waals surface area contributed by atoms with Crippen LogP contribution in [0.25, 0.3) is 0 Å². The molecule has 2 aromatic rings. The number of benzene rings is 2. The second-order valence-corrected chi connectivity index (χ2v) is 4.50. The summed E-state index contributed by atoms with van der Waals surface area (Å²) in [5, 5.41) is 0. The Morgan fingerprint density at radius 3 is 2.28 bits per heavy atom. The minimum absolute atomic E-state index is 0.904. The van der Waals surface area contributed by atoms with Crippen molar-refractivity contribution in [3.05, 3.63) is 59.7 Å². The molecule has 2 aromatic carbocycles. The molecule has 0 fully saturated rings.